The van der Waals surface area contributed by atoms with Gasteiger partial charge in [0.05, 0.1) is 16.6 Å². The number of amides is 1. The molecular formula is C8H6N4O3. The molecule has 0 saturated carbocycles. The first-order valence-electron chi connectivity index (χ1n) is 4.01. The van der Waals surface area contributed by atoms with Crippen LogP contribution in [0.2, 0.25) is 0 Å². The summed E-state index contributed by atoms with van der Waals surface area (Å²) in [6.07, 6.45) is 1.44. The highest BCUT2D eigenvalue weighted by molar-refractivity contribution is 6.01. The number of H-pyrrole nitrogens is 1. The van der Waals surface area contributed by atoms with Crippen LogP contribution in [0.3, 0.4) is 0 Å². The average molecular weight is 206 g/mol. The molecule has 1 amide bonds. The number of nitrogens with zero attached hydrogens (tertiary/aromatic N) is 2. The largest absolute Gasteiger partial charge is 0.365 e. The maximum absolute atomic E-state index is 11.0. The summed E-state index contributed by atoms with van der Waals surface area (Å²) in [5.74, 6) is -0.835. The van der Waals surface area contributed by atoms with Crippen LogP contribution in [0.1, 0.15) is 10.4 Å². The summed E-state index contributed by atoms with van der Waals surface area (Å²) in [6, 6.07) is 2.59. The topological polar surface area (TPSA) is 115 Å². The van der Waals surface area contributed by atoms with Gasteiger partial charge in [0.1, 0.15) is 5.56 Å². The Hall–Kier alpha value is -2.44. The molecule has 1 heterocycles. The van der Waals surface area contributed by atoms with Crippen molar-refractivity contribution in [3.8, 4) is 0 Å². The van der Waals surface area contributed by atoms with E-state index in [0.29, 0.717) is 10.9 Å². The number of nitrogens with one attached hydrogen (secondary N) is 1. The fourth-order valence-electron chi connectivity index (χ4n) is 1.33. The third-order valence-electron chi connectivity index (χ3n) is 2.02. The van der Waals surface area contributed by atoms with Crippen LogP contribution in [0.25, 0.3) is 10.9 Å². The van der Waals surface area contributed by atoms with Gasteiger partial charge in [-0.05, 0) is 6.07 Å². The van der Waals surface area contributed by atoms with Crippen LogP contribution in [0.5, 0.6) is 0 Å². The first-order chi connectivity index (χ1) is 7.09. The molecule has 0 aliphatic carbocycles. The first-order valence-corrected chi connectivity index (χ1v) is 4.01. The Morgan fingerprint density at radius 1 is 1.53 bits per heavy atom. The SMILES string of the molecule is NC(=O)c1cc2[nH]ncc2cc1[N+](=O)[O-]. The molecule has 7 heteroatoms. The van der Waals surface area contributed by atoms with Gasteiger partial charge in [-0.3, -0.25) is 20.0 Å². The molecule has 76 valence electrons. The Kier molecular flexibility index (Phi) is 1.86. The van der Waals surface area contributed by atoms with Crippen LogP contribution < -0.4 is 5.73 Å². The third-order valence-corrected chi connectivity index (χ3v) is 2.02. The number of aromatic nitrogens is 2. The van der Waals surface area contributed by atoms with Crippen LogP contribution in [-0.4, -0.2) is 21.0 Å². The second-order valence-electron chi connectivity index (χ2n) is 2.95. The van der Waals surface area contributed by atoms with Gasteiger partial charge in [-0.1, -0.05) is 0 Å². The van der Waals surface area contributed by atoms with Crippen LogP contribution in [-0.2, 0) is 0 Å². The average Bonchev–Trinajstić information content (AvgIpc) is 2.61. The van der Waals surface area contributed by atoms with E-state index in [2.05, 4.69) is 10.2 Å². The predicted octanol–water partition coefficient (Wildman–Crippen LogP) is 0.570. The number of primary amides is 1. The molecule has 1 aromatic heterocycles. The van der Waals surface area contributed by atoms with E-state index in [1.54, 1.807) is 0 Å². The highest BCUT2D eigenvalue weighted by Gasteiger charge is 2.19. The molecule has 0 atom stereocenters. The minimum atomic E-state index is -0.835. The molecule has 0 fully saturated rings. The second kappa shape index (κ2) is 3.05. The molecule has 0 spiro atoms. The van der Waals surface area contributed by atoms with Crippen LogP contribution in [0, 0.1) is 10.1 Å². The Labute approximate surface area is 83.0 Å². The molecular weight excluding hydrogens is 200 g/mol. The zero-order valence-corrected chi connectivity index (χ0v) is 7.43. The number of carbonyl (C=O) groups excluding carboxylic acids is 1. The van der Waals surface area contributed by atoms with Gasteiger partial charge >= 0.3 is 0 Å². The van der Waals surface area contributed by atoms with Gasteiger partial charge in [0, 0.05) is 11.5 Å². The molecule has 3 N–H and O–H groups in total. The first kappa shape index (κ1) is 9.13. The number of nitro groups is 1. The monoisotopic (exact) mass is 206 g/mol. The molecule has 0 saturated heterocycles. The Balaban J connectivity index is 2.79. The van der Waals surface area contributed by atoms with Gasteiger partial charge < -0.3 is 5.73 Å². The van der Waals surface area contributed by atoms with E-state index in [1.807, 2.05) is 0 Å². The number of rotatable bonds is 2. The maximum atomic E-state index is 11.0. The minimum absolute atomic E-state index is 0.128. The summed E-state index contributed by atoms with van der Waals surface area (Å²) in [5, 5.41) is 17.5. The highest BCUT2D eigenvalue weighted by atomic mass is 16.6. The lowest BCUT2D eigenvalue weighted by Crippen LogP contribution is -2.13. The molecule has 0 unspecified atom stereocenters. The van der Waals surface area contributed by atoms with Crippen molar-refractivity contribution in [1.29, 1.82) is 0 Å². The summed E-state index contributed by atoms with van der Waals surface area (Å²) < 4.78 is 0. The second-order valence-corrected chi connectivity index (χ2v) is 2.95. The van der Waals surface area contributed by atoms with Crippen LogP contribution >= 0.6 is 0 Å². The fraction of sp³-hybridized carbons (Fsp3) is 0. The number of nitrogens with two attached hydrogens (primary N) is 1. The van der Waals surface area contributed by atoms with Gasteiger partial charge in [-0.2, -0.15) is 5.10 Å². The standard InChI is InChI=1S/C8H6N4O3/c9-8(13)5-2-6-4(3-10-11-6)1-7(5)12(14)15/h1-3H,(H2,9,13)(H,10,11). The zero-order valence-electron chi connectivity index (χ0n) is 7.43. The molecule has 2 aromatic rings. The number of benzene rings is 1. The normalized spacial score (nSPS) is 10.4. The Morgan fingerprint density at radius 3 is 2.87 bits per heavy atom. The smallest absolute Gasteiger partial charge is 0.282 e. The van der Waals surface area contributed by atoms with Crippen molar-refractivity contribution in [2.45, 2.75) is 0 Å². The van der Waals surface area contributed by atoms with Crippen LogP contribution in [0.4, 0.5) is 5.69 Å². The summed E-state index contributed by atoms with van der Waals surface area (Å²) in [4.78, 5) is 21.0. The van der Waals surface area contributed by atoms with E-state index in [1.165, 1.54) is 18.3 Å². The van der Waals surface area contributed by atoms with Gasteiger partial charge in [-0.25, -0.2) is 0 Å². The summed E-state index contributed by atoms with van der Waals surface area (Å²) in [5.41, 5.74) is 5.13. The number of hydrogen-bond acceptors (Lipinski definition) is 4. The lowest BCUT2D eigenvalue weighted by molar-refractivity contribution is -0.385. The zero-order chi connectivity index (χ0) is 11.0. The van der Waals surface area contributed by atoms with Gasteiger partial charge in [-0.15, -0.1) is 0 Å². The highest BCUT2D eigenvalue weighted by Crippen LogP contribution is 2.23. The molecule has 0 aliphatic rings. The molecule has 0 bridgehead atoms. The third kappa shape index (κ3) is 1.39. The van der Waals surface area contributed by atoms with E-state index >= 15 is 0 Å². The fourth-order valence-corrected chi connectivity index (χ4v) is 1.33. The molecule has 15 heavy (non-hydrogen) atoms. The van der Waals surface area contributed by atoms with Gasteiger partial charge in [0.2, 0.25) is 0 Å². The number of aromatic amines is 1. The van der Waals surface area contributed by atoms with Crippen LogP contribution in [0.15, 0.2) is 18.3 Å². The van der Waals surface area contributed by atoms with E-state index in [4.69, 9.17) is 5.73 Å². The molecule has 2 rings (SSSR count). The maximum Gasteiger partial charge on any atom is 0.282 e. The summed E-state index contributed by atoms with van der Waals surface area (Å²) in [6.45, 7) is 0. The lowest BCUT2D eigenvalue weighted by atomic mass is 10.1. The van der Waals surface area contributed by atoms with Crippen molar-refractivity contribution >= 4 is 22.5 Å². The molecule has 0 radical (unpaired) electrons. The van der Waals surface area contributed by atoms with Crippen molar-refractivity contribution < 1.29 is 9.72 Å². The van der Waals surface area contributed by atoms with Gasteiger partial charge in [0.15, 0.2) is 0 Å². The summed E-state index contributed by atoms with van der Waals surface area (Å²) in [7, 11) is 0. The van der Waals surface area contributed by atoms with Crippen molar-refractivity contribution in [3.05, 3.63) is 34.0 Å². The number of nitro benzene ring substituents is 1. The van der Waals surface area contributed by atoms with E-state index < -0.39 is 10.8 Å². The van der Waals surface area contributed by atoms with Crippen molar-refractivity contribution in [1.82, 2.24) is 10.2 Å². The summed E-state index contributed by atoms with van der Waals surface area (Å²) >= 11 is 0. The number of fused-ring (bicyclic) bond motifs is 1. The van der Waals surface area contributed by atoms with E-state index in [9.17, 15) is 14.9 Å². The number of hydrogen-bond donors (Lipinski definition) is 2. The van der Waals surface area contributed by atoms with Gasteiger partial charge in [0.25, 0.3) is 11.6 Å². The quantitative estimate of drug-likeness (QED) is 0.551. The molecule has 7 nitrogen and oxygen atoms in total. The predicted molar refractivity (Wildman–Crippen MR) is 51.3 cm³/mol. The van der Waals surface area contributed by atoms with E-state index in [-0.39, 0.29) is 11.3 Å². The van der Waals surface area contributed by atoms with Crippen molar-refractivity contribution in [2.75, 3.05) is 0 Å². The molecule has 1 aromatic carbocycles. The lowest BCUT2D eigenvalue weighted by Gasteiger charge is -1.98. The number of carbonyl (C=O) groups is 1. The van der Waals surface area contributed by atoms with Crippen molar-refractivity contribution in [3.63, 3.8) is 0 Å². The minimum Gasteiger partial charge on any atom is -0.365 e. The molecule has 0 aliphatic heterocycles. The Morgan fingerprint density at radius 2 is 2.27 bits per heavy atom. The van der Waals surface area contributed by atoms with Crippen molar-refractivity contribution in [2.24, 2.45) is 5.73 Å². The Bertz CT molecular complexity index is 512. The van der Waals surface area contributed by atoms with E-state index in [0.717, 1.165) is 0 Å².